The topological polar surface area (TPSA) is 12.0 Å². The fraction of sp³-hybridized carbons (Fsp3) is 1.00. The molecule has 3 unspecified atom stereocenters. The number of nitrogens with one attached hydrogen (secondary N) is 1. The van der Waals surface area contributed by atoms with Gasteiger partial charge in [-0.05, 0) is 37.6 Å². The summed E-state index contributed by atoms with van der Waals surface area (Å²) >= 11 is 0. The smallest absolute Gasteiger partial charge is 0.00722 e. The second-order valence-corrected chi connectivity index (χ2v) is 5.81. The molecule has 1 aliphatic rings. The number of hydrogen-bond donors (Lipinski definition) is 1. The van der Waals surface area contributed by atoms with E-state index in [0.717, 1.165) is 17.9 Å². The first-order valence-corrected chi connectivity index (χ1v) is 7.49. The summed E-state index contributed by atoms with van der Waals surface area (Å²) in [5.41, 5.74) is 0. The SMILES string of the molecule is CCCNC1CC(C)CCCC(CCC)C1. The van der Waals surface area contributed by atoms with Gasteiger partial charge >= 0.3 is 0 Å². The van der Waals surface area contributed by atoms with Crippen LogP contribution in [0.15, 0.2) is 0 Å². The van der Waals surface area contributed by atoms with E-state index in [1.54, 1.807) is 0 Å². The number of hydrogen-bond acceptors (Lipinski definition) is 1. The second-order valence-electron chi connectivity index (χ2n) is 5.81. The lowest BCUT2D eigenvalue weighted by Crippen LogP contribution is -2.34. The third kappa shape index (κ3) is 5.34. The largest absolute Gasteiger partial charge is 0.314 e. The zero-order valence-electron chi connectivity index (χ0n) is 11.6. The summed E-state index contributed by atoms with van der Waals surface area (Å²) in [6.45, 7) is 8.23. The van der Waals surface area contributed by atoms with E-state index in [1.165, 1.54) is 57.9 Å². The van der Waals surface area contributed by atoms with Crippen molar-refractivity contribution in [3.05, 3.63) is 0 Å². The quantitative estimate of drug-likeness (QED) is 0.732. The van der Waals surface area contributed by atoms with Crippen LogP contribution in [0.2, 0.25) is 0 Å². The molecule has 0 bridgehead atoms. The van der Waals surface area contributed by atoms with Crippen LogP contribution >= 0.6 is 0 Å². The molecule has 16 heavy (non-hydrogen) atoms. The Balaban J connectivity index is 2.41. The minimum absolute atomic E-state index is 0.798. The van der Waals surface area contributed by atoms with Crippen molar-refractivity contribution in [1.29, 1.82) is 0 Å². The van der Waals surface area contributed by atoms with E-state index >= 15 is 0 Å². The standard InChI is InChI=1S/C15H31N/c1-4-7-14-9-6-8-13(3)11-15(12-14)16-10-5-2/h13-16H,4-12H2,1-3H3. The predicted octanol–water partition coefficient (Wildman–Crippen LogP) is 4.37. The Labute approximate surface area is 102 Å². The van der Waals surface area contributed by atoms with Crippen molar-refractivity contribution in [1.82, 2.24) is 5.32 Å². The molecule has 0 heterocycles. The van der Waals surface area contributed by atoms with Gasteiger partial charge in [0.15, 0.2) is 0 Å². The maximum absolute atomic E-state index is 3.76. The van der Waals surface area contributed by atoms with E-state index in [1.807, 2.05) is 0 Å². The third-order valence-electron chi connectivity index (χ3n) is 3.99. The molecule has 1 nitrogen and oxygen atoms in total. The average molecular weight is 225 g/mol. The van der Waals surface area contributed by atoms with Gasteiger partial charge in [-0.2, -0.15) is 0 Å². The van der Waals surface area contributed by atoms with Crippen LogP contribution < -0.4 is 5.32 Å². The van der Waals surface area contributed by atoms with Crippen LogP contribution in [0, 0.1) is 11.8 Å². The molecule has 3 atom stereocenters. The van der Waals surface area contributed by atoms with Gasteiger partial charge in [0.1, 0.15) is 0 Å². The highest BCUT2D eigenvalue weighted by Crippen LogP contribution is 2.28. The van der Waals surface area contributed by atoms with Crippen LogP contribution in [0.3, 0.4) is 0 Å². The molecule has 0 aromatic rings. The Hall–Kier alpha value is -0.0400. The van der Waals surface area contributed by atoms with Crippen LogP contribution in [0.4, 0.5) is 0 Å². The highest BCUT2D eigenvalue weighted by molar-refractivity contribution is 4.77. The van der Waals surface area contributed by atoms with Crippen LogP contribution in [0.5, 0.6) is 0 Å². The third-order valence-corrected chi connectivity index (χ3v) is 3.99. The summed E-state index contributed by atoms with van der Waals surface area (Å²) in [4.78, 5) is 0. The average Bonchev–Trinajstić information content (AvgIpc) is 2.23. The van der Waals surface area contributed by atoms with Crippen molar-refractivity contribution >= 4 is 0 Å². The van der Waals surface area contributed by atoms with E-state index < -0.39 is 0 Å². The highest BCUT2D eigenvalue weighted by atomic mass is 14.9. The number of rotatable bonds is 5. The van der Waals surface area contributed by atoms with Crippen LogP contribution in [-0.4, -0.2) is 12.6 Å². The van der Waals surface area contributed by atoms with Gasteiger partial charge < -0.3 is 5.32 Å². The Bertz CT molecular complexity index is 167. The van der Waals surface area contributed by atoms with Crippen LogP contribution in [-0.2, 0) is 0 Å². The Kier molecular flexibility index (Phi) is 7.11. The molecular formula is C15H31N. The molecule has 0 aliphatic heterocycles. The normalized spacial score (nSPS) is 32.1. The molecule has 96 valence electrons. The lowest BCUT2D eigenvalue weighted by molar-refractivity contribution is 0.261. The molecule has 1 saturated carbocycles. The lowest BCUT2D eigenvalue weighted by atomic mass is 9.82. The van der Waals surface area contributed by atoms with Gasteiger partial charge in [0, 0.05) is 6.04 Å². The van der Waals surface area contributed by atoms with E-state index in [4.69, 9.17) is 0 Å². The fourth-order valence-electron chi connectivity index (χ4n) is 3.16. The zero-order chi connectivity index (χ0) is 11.8. The maximum Gasteiger partial charge on any atom is 0.00722 e. The Morgan fingerprint density at radius 3 is 2.56 bits per heavy atom. The summed E-state index contributed by atoms with van der Waals surface area (Å²) < 4.78 is 0. The van der Waals surface area contributed by atoms with E-state index in [9.17, 15) is 0 Å². The molecule has 0 aromatic carbocycles. The zero-order valence-corrected chi connectivity index (χ0v) is 11.6. The molecule has 0 radical (unpaired) electrons. The van der Waals surface area contributed by atoms with Gasteiger partial charge in [0.05, 0.1) is 0 Å². The van der Waals surface area contributed by atoms with Crippen molar-refractivity contribution < 1.29 is 0 Å². The molecule has 1 N–H and O–H groups in total. The first kappa shape index (κ1) is 14.0. The lowest BCUT2D eigenvalue weighted by Gasteiger charge is -2.30. The minimum atomic E-state index is 0.798. The summed E-state index contributed by atoms with van der Waals surface area (Å²) in [5.74, 6) is 1.92. The van der Waals surface area contributed by atoms with Crippen molar-refractivity contribution in [3.63, 3.8) is 0 Å². The van der Waals surface area contributed by atoms with Gasteiger partial charge in [-0.1, -0.05) is 52.9 Å². The molecule has 1 aliphatic carbocycles. The van der Waals surface area contributed by atoms with Crippen molar-refractivity contribution in [2.75, 3.05) is 6.54 Å². The van der Waals surface area contributed by atoms with Crippen molar-refractivity contribution in [2.24, 2.45) is 11.8 Å². The van der Waals surface area contributed by atoms with Gasteiger partial charge in [-0.3, -0.25) is 0 Å². The molecule has 1 rings (SSSR count). The van der Waals surface area contributed by atoms with Gasteiger partial charge in [0.2, 0.25) is 0 Å². The highest BCUT2D eigenvalue weighted by Gasteiger charge is 2.20. The van der Waals surface area contributed by atoms with E-state index in [2.05, 4.69) is 26.1 Å². The Morgan fingerprint density at radius 2 is 1.88 bits per heavy atom. The second kappa shape index (κ2) is 8.11. The van der Waals surface area contributed by atoms with E-state index in [-0.39, 0.29) is 0 Å². The molecule has 1 fully saturated rings. The monoisotopic (exact) mass is 225 g/mol. The van der Waals surface area contributed by atoms with Gasteiger partial charge in [-0.25, -0.2) is 0 Å². The summed E-state index contributed by atoms with van der Waals surface area (Å²) in [7, 11) is 0. The summed E-state index contributed by atoms with van der Waals surface area (Å²) in [6, 6.07) is 0.798. The van der Waals surface area contributed by atoms with Crippen molar-refractivity contribution in [3.8, 4) is 0 Å². The van der Waals surface area contributed by atoms with Crippen LogP contribution in [0.1, 0.15) is 72.1 Å². The molecule has 0 spiro atoms. The summed E-state index contributed by atoms with van der Waals surface area (Å²) in [6.07, 6.45) is 11.3. The Morgan fingerprint density at radius 1 is 1.06 bits per heavy atom. The first-order valence-electron chi connectivity index (χ1n) is 7.49. The minimum Gasteiger partial charge on any atom is -0.314 e. The summed E-state index contributed by atoms with van der Waals surface area (Å²) in [5, 5.41) is 3.76. The molecular weight excluding hydrogens is 194 g/mol. The molecule has 0 aromatic heterocycles. The molecule has 0 amide bonds. The first-order chi connectivity index (χ1) is 7.76. The van der Waals surface area contributed by atoms with Gasteiger partial charge in [0.25, 0.3) is 0 Å². The fourth-order valence-corrected chi connectivity index (χ4v) is 3.16. The maximum atomic E-state index is 3.76. The van der Waals surface area contributed by atoms with Gasteiger partial charge in [-0.15, -0.1) is 0 Å². The molecule has 0 saturated heterocycles. The van der Waals surface area contributed by atoms with Crippen LogP contribution in [0.25, 0.3) is 0 Å². The predicted molar refractivity (Wildman–Crippen MR) is 72.7 cm³/mol. The van der Waals surface area contributed by atoms with E-state index in [0.29, 0.717) is 0 Å². The molecule has 1 heteroatoms. The van der Waals surface area contributed by atoms with Crippen molar-refractivity contribution in [2.45, 2.75) is 78.2 Å².